The normalized spacial score (nSPS) is 18.0. The summed E-state index contributed by atoms with van der Waals surface area (Å²) in [6, 6.07) is 15.6. The van der Waals surface area contributed by atoms with E-state index in [-0.39, 0.29) is 11.9 Å². The van der Waals surface area contributed by atoms with Crippen molar-refractivity contribution in [1.82, 2.24) is 14.9 Å². The Kier molecular flexibility index (Phi) is 3.54. The largest absolute Gasteiger partial charge is 0.340 e. The van der Waals surface area contributed by atoms with Gasteiger partial charge in [-0.15, -0.1) is 0 Å². The lowest BCUT2D eigenvalue weighted by molar-refractivity contribution is -0.129. The zero-order valence-electron chi connectivity index (χ0n) is 12.5. The van der Waals surface area contributed by atoms with Gasteiger partial charge < -0.3 is 9.88 Å². The molecule has 1 amide bonds. The van der Waals surface area contributed by atoms with Crippen molar-refractivity contribution in [2.75, 3.05) is 0 Å². The minimum atomic E-state index is 0.00516. The summed E-state index contributed by atoms with van der Waals surface area (Å²) in [6.45, 7) is 0.581. The molecule has 1 saturated heterocycles. The van der Waals surface area contributed by atoms with Crippen molar-refractivity contribution in [3.63, 3.8) is 0 Å². The molecule has 2 aromatic carbocycles. The monoisotopic (exact) mass is 325 g/mol. The fourth-order valence-corrected chi connectivity index (χ4v) is 3.26. The fourth-order valence-electron chi connectivity index (χ4n) is 3.13. The second-order valence-electron chi connectivity index (χ2n) is 5.84. The molecule has 1 aliphatic heterocycles. The van der Waals surface area contributed by atoms with Gasteiger partial charge in [-0.25, -0.2) is 4.98 Å². The van der Waals surface area contributed by atoms with Crippen LogP contribution in [0.2, 0.25) is 5.02 Å². The molecule has 2 heterocycles. The number of fused-ring (bicyclic) bond motifs is 1. The lowest BCUT2D eigenvalue weighted by Gasteiger charge is -2.23. The number of nitrogens with one attached hydrogen (secondary N) is 1. The van der Waals surface area contributed by atoms with Gasteiger partial charge in [0, 0.05) is 18.0 Å². The summed E-state index contributed by atoms with van der Waals surface area (Å²) in [5.41, 5.74) is 3.02. The van der Waals surface area contributed by atoms with Crippen LogP contribution in [0, 0.1) is 0 Å². The van der Waals surface area contributed by atoms with E-state index in [1.165, 1.54) is 0 Å². The summed E-state index contributed by atoms with van der Waals surface area (Å²) < 4.78 is 0. The van der Waals surface area contributed by atoms with E-state index in [0.29, 0.717) is 18.0 Å². The van der Waals surface area contributed by atoms with E-state index in [1.54, 1.807) is 0 Å². The van der Waals surface area contributed by atoms with Gasteiger partial charge in [-0.05, 0) is 36.2 Å². The number of aromatic nitrogens is 2. The Bertz CT molecular complexity index is 823. The summed E-state index contributed by atoms with van der Waals surface area (Å²) in [7, 11) is 0. The molecule has 1 aliphatic rings. The third kappa shape index (κ3) is 2.70. The molecule has 4 nitrogen and oxygen atoms in total. The highest BCUT2D eigenvalue weighted by atomic mass is 35.5. The predicted molar refractivity (Wildman–Crippen MR) is 90.1 cm³/mol. The molecule has 1 unspecified atom stereocenters. The lowest BCUT2D eigenvalue weighted by Crippen LogP contribution is -2.27. The van der Waals surface area contributed by atoms with Crippen molar-refractivity contribution in [1.29, 1.82) is 0 Å². The third-order valence-electron chi connectivity index (χ3n) is 4.32. The molecule has 0 aliphatic carbocycles. The summed E-state index contributed by atoms with van der Waals surface area (Å²) in [5.74, 6) is 1.04. The van der Waals surface area contributed by atoms with Crippen molar-refractivity contribution < 1.29 is 4.79 Å². The topological polar surface area (TPSA) is 49.0 Å². The maximum atomic E-state index is 12.3. The zero-order valence-corrected chi connectivity index (χ0v) is 13.3. The maximum absolute atomic E-state index is 12.3. The zero-order chi connectivity index (χ0) is 15.8. The standard InChI is InChI=1S/C18H16ClN3O/c19-13-7-5-12(6-8-13)11-22-16(9-10-17(22)23)18-20-14-3-1-2-4-15(14)21-18/h1-8,16H,9-11H2,(H,20,21). The van der Waals surface area contributed by atoms with Crippen molar-refractivity contribution >= 4 is 28.5 Å². The Morgan fingerprint density at radius 2 is 1.96 bits per heavy atom. The second kappa shape index (κ2) is 5.70. The van der Waals surface area contributed by atoms with Crippen LogP contribution < -0.4 is 0 Å². The molecule has 0 spiro atoms. The number of hydrogen-bond donors (Lipinski definition) is 1. The minimum absolute atomic E-state index is 0.00516. The van der Waals surface area contributed by atoms with Crippen LogP contribution >= 0.6 is 11.6 Å². The van der Waals surface area contributed by atoms with E-state index < -0.39 is 0 Å². The van der Waals surface area contributed by atoms with Crippen LogP contribution in [0.5, 0.6) is 0 Å². The van der Waals surface area contributed by atoms with E-state index >= 15 is 0 Å². The van der Waals surface area contributed by atoms with Gasteiger partial charge in [0.15, 0.2) is 0 Å². The third-order valence-corrected chi connectivity index (χ3v) is 4.57. The van der Waals surface area contributed by atoms with Gasteiger partial charge in [0.1, 0.15) is 5.82 Å². The number of benzene rings is 2. The number of amides is 1. The molecular formula is C18H16ClN3O. The molecule has 3 aromatic rings. The number of para-hydroxylation sites is 2. The average molecular weight is 326 g/mol. The molecule has 5 heteroatoms. The number of imidazole rings is 1. The van der Waals surface area contributed by atoms with Crippen LogP contribution in [0.3, 0.4) is 0 Å². The Labute approximate surface area is 139 Å². The summed E-state index contributed by atoms with van der Waals surface area (Å²) in [5, 5.41) is 0.704. The van der Waals surface area contributed by atoms with Crippen LogP contribution in [0.15, 0.2) is 48.5 Å². The molecule has 0 saturated carbocycles. The van der Waals surface area contributed by atoms with Gasteiger partial charge in [-0.1, -0.05) is 35.9 Å². The number of rotatable bonds is 3. The smallest absolute Gasteiger partial charge is 0.223 e. The summed E-state index contributed by atoms with van der Waals surface area (Å²) in [4.78, 5) is 22.2. The Hall–Kier alpha value is -2.33. The van der Waals surface area contributed by atoms with Crippen molar-refractivity contribution in [3.05, 3.63) is 64.9 Å². The minimum Gasteiger partial charge on any atom is -0.340 e. The Morgan fingerprint density at radius 3 is 2.74 bits per heavy atom. The number of H-pyrrole nitrogens is 1. The molecule has 4 rings (SSSR count). The highest BCUT2D eigenvalue weighted by molar-refractivity contribution is 6.30. The highest BCUT2D eigenvalue weighted by Gasteiger charge is 2.34. The number of carbonyl (C=O) groups excluding carboxylic acids is 1. The first-order valence-electron chi connectivity index (χ1n) is 7.69. The first-order chi connectivity index (χ1) is 11.2. The SMILES string of the molecule is O=C1CCC(c2nc3ccccc3[nH]2)N1Cc1ccc(Cl)cc1. The van der Waals surface area contributed by atoms with Gasteiger partial charge in [0.25, 0.3) is 0 Å². The van der Waals surface area contributed by atoms with Gasteiger partial charge in [-0.3, -0.25) is 4.79 Å². The van der Waals surface area contributed by atoms with E-state index in [4.69, 9.17) is 11.6 Å². The number of aromatic amines is 1. The molecule has 116 valence electrons. The van der Waals surface area contributed by atoms with Gasteiger partial charge in [0.2, 0.25) is 5.91 Å². The Balaban J connectivity index is 1.64. The van der Waals surface area contributed by atoms with E-state index in [1.807, 2.05) is 53.4 Å². The van der Waals surface area contributed by atoms with Crippen LogP contribution in [0.25, 0.3) is 11.0 Å². The van der Waals surface area contributed by atoms with Crippen molar-refractivity contribution in [2.24, 2.45) is 0 Å². The van der Waals surface area contributed by atoms with Crippen LogP contribution in [-0.4, -0.2) is 20.8 Å². The number of likely N-dealkylation sites (tertiary alicyclic amines) is 1. The second-order valence-corrected chi connectivity index (χ2v) is 6.28. The van der Waals surface area contributed by atoms with Gasteiger partial charge in [0.05, 0.1) is 17.1 Å². The Morgan fingerprint density at radius 1 is 1.17 bits per heavy atom. The maximum Gasteiger partial charge on any atom is 0.223 e. The fraction of sp³-hybridized carbons (Fsp3) is 0.222. The first-order valence-corrected chi connectivity index (χ1v) is 8.07. The van der Waals surface area contributed by atoms with E-state index in [9.17, 15) is 4.79 Å². The molecule has 0 radical (unpaired) electrons. The number of halogens is 1. The van der Waals surface area contributed by atoms with Gasteiger partial charge in [-0.2, -0.15) is 0 Å². The molecule has 23 heavy (non-hydrogen) atoms. The van der Waals surface area contributed by atoms with Crippen LogP contribution in [0.1, 0.15) is 30.3 Å². The quantitative estimate of drug-likeness (QED) is 0.788. The number of hydrogen-bond acceptors (Lipinski definition) is 2. The summed E-state index contributed by atoms with van der Waals surface area (Å²) >= 11 is 5.93. The first kappa shape index (κ1) is 14.3. The lowest BCUT2D eigenvalue weighted by atomic mass is 10.1. The number of carbonyl (C=O) groups is 1. The molecule has 1 atom stereocenters. The van der Waals surface area contributed by atoms with Gasteiger partial charge >= 0.3 is 0 Å². The highest BCUT2D eigenvalue weighted by Crippen LogP contribution is 2.33. The average Bonchev–Trinajstić information content (AvgIpc) is 3.13. The predicted octanol–water partition coefficient (Wildman–Crippen LogP) is 4.08. The molecule has 1 aromatic heterocycles. The van der Waals surface area contributed by atoms with Crippen molar-refractivity contribution in [3.8, 4) is 0 Å². The van der Waals surface area contributed by atoms with Crippen molar-refractivity contribution in [2.45, 2.75) is 25.4 Å². The molecule has 0 bridgehead atoms. The summed E-state index contributed by atoms with van der Waals surface area (Å²) in [6.07, 6.45) is 1.36. The molecule has 1 fully saturated rings. The van der Waals surface area contributed by atoms with E-state index in [0.717, 1.165) is 28.8 Å². The number of nitrogens with zero attached hydrogens (tertiary/aromatic N) is 2. The van der Waals surface area contributed by atoms with E-state index in [2.05, 4.69) is 9.97 Å². The molecule has 1 N–H and O–H groups in total. The van der Waals surface area contributed by atoms with Crippen LogP contribution in [-0.2, 0) is 11.3 Å². The molecular weight excluding hydrogens is 310 g/mol. The van der Waals surface area contributed by atoms with Crippen LogP contribution in [0.4, 0.5) is 0 Å².